The van der Waals surface area contributed by atoms with Crippen LogP contribution in [0.4, 0.5) is 5.69 Å². The van der Waals surface area contributed by atoms with Crippen LogP contribution < -0.4 is 10.2 Å². The lowest BCUT2D eigenvalue weighted by atomic mass is 10.0. The minimum absolute atomic E-state index is 0.174. The van der Waals surface area contributed by atoms with E-state index >= 15 is 0 Å². The average molecular weight is 313 g/mol. The van der Waals surface area contributed by atoms with Gasteiger partial charge in [-0.1, -0.05) is 24.6 Å². The molecule has 4 nitrogen and oxygen atoms in total. The molecule has 0 radical (unpaired) electrons. The molecule has 1 fully saturated rings. The summed E-state index contributed by atoms with van der Waals surface area (Å²) in [5.74, 6) is 0.501. The Morgan fingerprint density at radius 2 is 2.29 bits per heavy atom. The first-order chi connectivity index (χ1) is 10.2. The lowest BCUT2D eigenvalue weighted by Gasteiger charge is -2.28. The summed E-state index contributed by atoms with van der Waals surface area (Å²) in [6, 6.07) is 6.34. The highest BCUT2D eigenvalue weighted by Crippen LogP contribution is 2.34. The second-order valence-electron chi connectivity index (χ2n) is 5.66. The van der Waals surface area contributed by atoms with Crippen molar-refractivity contribution in [2.24, 2.45) is 5.92 Å². The molecule has 1 aliphatic heterocycles. The monoisotopic (exact) mass is 312 g/mol. The largest absolute Gasteiger partial charge is 0.394 e. The molecule has 5 heteroatoms. The van der Waals surface area contributed by atoms with E-state index in [0.29, 0.717) is 12.5 Å². The molecule has 21 heavy (non-hydrogen) atoms. The summed E-state index contributed by atoms with van der Waals surface area (Å²) in [5, 5.41) is 13.6. The summed E-state index contributed by atoms with van der Waals surface area (Å²) >= 11 is 6.44. The Morgan fingerprint density at radius 3 is 2.95 bits per heavy atom. The standard InChI is InChI=1S/C16H25ClN2O2/c1-12-5-7-19(16(12)11-20)15-4-3-13(9-14(15)17)10-18-6-8-21-2/h3-4,9,12,16,18,20H,5-8,10-11H2,1-2H3. The number of benzene rings is 1. The Labute approximate surface area is 132 Å². The fourth-order valence-corrected chi connectivity index (χ4v) is 3.20. The van der Waals surface area contributed by atoms with Gasteiger partial charge in [0, 0.05) is 26.7 Å². The van der Waals surface area contributed by atoms with Gasteiger partial charge in [-0.15, -0.1) is 0 Å². The fourth-order valence-electron chi connectivity index (χ4n) is 2.89. The maximum absolute atomic E-state index is 9.57. The van der Waals surface area contributed by atoms with Gasteiger partial charge in [0.15, 0.2) is 0 Å². The minimum Gasteiger partial charge on any atom is -0.394 e. The summed E-state index contributed by atoms with van der Waals surface area (Å²) in [5.41, 5.74) is 2.19. The number of anilines is 1. The van der Waals surface area contributed by atoms with Gasteiger partial charge in [0.1, 0.15) is 0 Å². The van der Waals surface area contributed by atoms with Crippen molar-refractivity contribution in [1.82, 2.24) is 5.32 Å². The van der Waals surface area contributed by atoms with Crippen LogP contribution in [0.1, 0.15) is 18.9 Å². The van der Waals surface area contributed by atoms with Crippen LogP contribution in [0.3, 0.4) is 0 Å². The lowest BCUT2D eigenvalue weighted by Crippen LogP contribution is -2.35. The van der Waals surface area contributed by atoms with Crippen LogP contribution in [0.15, 0.2) is 18.2 Å². The van der Waals surface area contributed by atoms with Crippen LogP contribution >= 0.6 is 11.6 Å². The first-order valence-corrected chi connectivity index (χ1v) is 7.90. The normalized spacial score (nSPS) is 22.0. The van der Waals surface area contributed by atoms with Crippen LogP contribution in [0.25, 0.3) is 0 Å². The zero-order valence-electron chi connectivity index (χ0n) is 12.8. The summed E-state index contributed by atoms with van der Waals surface area (Å²) in [7, 11) is 1.70. The number of ether oxygens (including phenoxy) is 1. The highest BCUT2D eigenvalue weighted by atomic mass is 35.5. The quantitative estimate of drug-likeness (QED) is 0.758. The Balaban J connectivity index is 2.02. The predicted octanol–water partition coefficient (Wildman–Crippen LogP) is 2.28. The molecule has 1 saturated heterocycles. The van der Waals surface area contributed by atoms with E-state index in [0.717, 1.165) is 42.3 Å². The van der Waals surface area contributed by atoms with Crippen molar-refractivity contribution in [2.45, 2.75) is 25.9 Å². The summed E-state index contributed by atoms with van der Waals surface area (Å²) < 4.78 is 5.01. The fraction of sp³-hybridized carbons (Fsp3) is 0.625. The van der Waals surface area contributed by atoms with E-state index < -0.39 is 0 Å². The molecule has 0 amide bonds. The highest BCUT2D eigenvalue weighted by molar-refractivity contribution is 6.33. The zero-order valence-corrected chi connectivity index (χ0v) is 13.6. The Hall–Kier alpha value is -0.810. The maximum atomic E-state index is 9.57. The van der Waals surface area contributed by atoms with E-state index in [1.165, 1.54) is 0 Å². The molecular formula is C16H25ClN2O2. The molecule has 0 aromatic heterocycles. The number of rotatable bonds is 7. The second-order valence-corrected chi connectivity index (χ2v) is 6.07. The molecule has 2 rings (SSSR count). The molecule has 2 unspecified atom stereocenters. The molecule has 0 bridgehead atoms. The summed E-state index contributed by atoms with van der Waals surface area (Å²) in [6.07, 6.45) is 1.10. The number of halogens is 1. The number of aliphatic hydroxyl groups is 1. The second kappa shape index (κ2) is 7.99. The van der Waals surface area contributed by atoms with Gasteiger partial charge in [-0.25, -0.2) is 0 Å². The van der Waals surface area contributed by atoms with E-state index in [9.17, 15) is 5.11 Å². The number of nitrogens with zero attached hydrogens (tertiary/aromatic N) is 1. The number of aliphatic hydroxyl groups excluding tert-OH is 1. The third-order valence-corrected chi connectivity index (χ3v) is 4.51. The van der Waals surface area contributed by atoms with E-state index in [1.807, 2.05) is 6.07 Å². The van der Waals surface area contributed by atoms with Crippen LogP contribution in [-0.4, -0.2) is 44.6 Å². The zero-order chi connectivity index (χ0) is 15.2. The van der Waals surface area contributed by atoms with Crippen LogP contribution in [0.5, 0.6) is 0 Å². The van der Waals surface area contributed by atoms with Crippen molar-refractivity contribution in [1.29, 1.82) is 0 Å². The molecule has 1 aromatic rings. The van der Waals surface area contributed by atoms with Crippen LogP contribution in [0, 0.1) is 5.92 Å². The number of methoxy groups -OCH3 is 1. The van der Waals surface area contributed by atoms with Gasteiger partial charge in [-0.2, -0.15) is 0 Å². The van der Waals surface area contributed by atoms with E-state index in [-0.39, 0.29) is 12.6 Å². The molecular weight excluding hydrogens is 288 g/mol. The van der Waals surface area contributed by atoms with Crippen molar-refractivity contribution >= 4 is 17.3 Å². The van der Waals surface area contributed by atoms with Crippen molar-refractivity contribution in [3.8, 4) is 0 Å². The Morgan fingerprint density at radius 1 is 1.48 bits per heavy atom. The van der Waals surface area contributed by atoms with Gasteiger partial charge < -0.3 is 20.1 Å². The maximum Gasteiger partial charge on any atom is 0.0642 e. The molecule has 0 aliphatic carbocycles. The molecule has 2 atom stereocenters. The molecule has 1 aliphatic rings. The summed E-state index contributed by atoms with van der Waals surface area (Å²) in [6.45, 7) is 5.63. The van der Waals surface area contributed by atoms with Gasteiger partial charge in [-0.3, -0.25) is 0 Å². The minimum atomic E-state index is 0.174. The van der Waals surface area contributed by atoms with Crippen LogP contribution in [-0.2, 0) is 11.3 Å². The van der Waals surface area contributed by atoms with E-state index in [1.54, 1.807) is 7.11 Å². The van der Waals surface area contributed by atoms with Crippen molar-refractivity contribution in [3.05, 3.63) is 28.8 Å². The smallest absolute Gasteiger partial charge is 0.0642 e. The molecule has 2 N–H and O–H groups in total. The van der Waals surface area contributed by atoms with Gasteiger partial charge in [0.2, 0.25) is 0 Å². The topological polar surface area (TPSA) is 44.7 Å². The Kier molecular flexibility index (Phi) is 6.30. The third kappa shape index (κ3) is 4.10. The highest BCUT2D eigenvalue weighted by Gasteiger charge is 2.31. The average Bonchev–Trinajstić information content (AvgIpc) is 2.84. The molecule has 1 aromatic carbocycles. The van der Waals surface area contributed by atoms with Crippen molar-refractivity contribution in [3.63, 3.8) is 0 Å². The SMILES string of the molecule is COCCNCc1ccc(N2CCC(C)C2CO)c(Cl)c1. The lowest BCUT2D eigenvalue weighted by molar-refractivity contribution is 0.199. The predicted molar refractivity (Wildman–Crippen MR) is 87.0 cm³/mol. The van der Waals surface area contributed by atoms with Crippen LogP contribution in [0.2, 0.25) is 5.02 Å². The van der Waals surface area contributed by atoms with Gasteiger partial charge in [0.05, 0.1) is 30.0 Å². The first-order valence-electron chi connectivity index (χ1n) is 7.53. The first kappa shape index (κ1) is 16.6. The third-order valence-electron chi connectivity index (χ3n) is 4.20. The molecule has 1 heterocycles. The van der Waals surface area contributed by atoms with Crippen molar-refractivity contribution in [2.75, 3.05) is 38.3 Å². The van der Waals surface area contributed by atoms with E-state index in [2.05, 4.69) is 29.3 Å². The van der Waals surface area contributed by atoms with Gasteiger partial charge in [0.25, 0.3) is 0 Å². The van der Waals surface area contributed by atoms with Gasteiger partial charge >= 0.3 is 0 Å². The number of nitrogens with one attached hydrogen (secondary N) is 1. The van der Waals surface area contributed by atoms with Gasteiger partial charge in [-0.05, 0) is 30.0 Å². The Bertz CT molecular complexity index is 456. The molecule has 118 valence electrons. The summed E-state index contributed by atoms with van der Waals surface area (Å²) in [4.78, 5) is 2.23. The molecule has 0 saturated carbocycles. The van der Waals surface area contributed by atoms with E-state index in [4.69, 9.17) is 16.3 Å². The number of hydrogen-bond acceptors (Lipinski definition) is 4. The number of hydrogen-bond donors (Lipinski definition) is 2. The molecule has 0 spiro atoms. The van der Waals surface area contributed by atoms with Crippen molar-refractivity contribution < 1.29 is 9.84 Å².